The standard InChI is InChI=1S/C17H15N3/c1-12-3-5-14(6-4-12)17-8-7-15(9-20-17)16-10-18-13(2)19-11-16/h3-11H,1-2H3. The summed E-state index contributed by atoms with van der Waals surface area (Å²) >= 11 is 0. The first kappa shape index (κ1) is 12.5. The molecule has 0 saturated heterocycles. The van der Waals surface area contributed by atoms with Crippen molar-refractivity contribution in [2.45, 2.75) is 13.8 Å². The lowest BCUT2D eigenvalue weighted by Gasteiger charge is -2.04. The predicted octanol–water partition coefficient (Wildman–Crippen LogP) is 3.82. The van der Waals surface area contributed by atoms with E-state index in [0.717, 1.165) is 28.2 Å². The Morgan fingerprint density at radius 2 is 1.20 bits per heavy atom. The maximum Gasteiger partial charge on any atom is 0.125 e. The number of aromatic nitrogens is 3. The van der Waals surface area contributed by atoms with E-state index in [1.165, 1.54) is 5.56 Å². The molecule has 0 aliphatic heterocycles. The molecule has 0 unspecified atom stereocenters. The molecule has 1 aromatic carbocycles. The summed E-state index contributed by atoms with van der Waals surface area (Å²) in [7, 11) is 0. The summed E-state index contributed by atoms with van der Waals surface area (Å²) in [6.07, 6.45) is 5.51. The molecule has 3 heteroatoms. The second-order valence-corrected chi connectivity index (χ2v) is 4.82. The van der Waals surface area contributed by atoms with Crippen LogP contribution in [0.4, 0.5) is 0 Å². The highest BCUT2D eigenvalue weighted by atomic mass is 14.8. The predicted molar refractivity (Wildman–Crippen MR) is 80.2 cm³/mol. The average molecular weight is 261 g/mol. The molecule has 0 aliphatic carbocycles. The van der Waals surface area contributed by atoms with Crippen molar-refractivity contribution in [2.75, 3.05) is 0 Å². The first-order valence-corrected chi connectivity index (χ1v) is 6.54. The summed E-state index contributed by atoms with van der Waals surface area (Å²) in [4.78, 5) is 12.9. The fraction of sp³-hybridized carbons (Fsp3) is 0.118. The van der Waals surface area contributed by atoms with E-state index in [1.54, 1.807) is 0 Å². The van der Waals surface area contributed by atoms with Crippen molar-refractivity contribution in [3.05, 3.63) is 66.4 Å². The maximum atomic E-state index is 4.52. The van der Waals surface area contributed by atoms with Crippen molar-refractivity contribution in [1.29, 1.82) is 0 Å². The molecule has 0 radical (unpaired) electrons. The number of hydrogen-bond acceptors (Lipinski definition) is 3. The van der Waals surface area contributed by atoms with Crippen LogP contribution in [0.25, 0.3) is 22.4 Å². The van der Waals surface area contributed by atoms with E-state index in [-0.39, 0.29) is 0 Å². The molecular formula is C17H15N3. The van der Waals surface area contributed by atoms with Crippen LogP contribution in [-0.4, -0.2) is 15.0 Å². The van der Waals surface area contributed by atoms with Gasteiger partial charge in [0.25, 0.3) is 0 Å². The minimum Gasteiger partial charge on any atom is -0.256 e. The minimum absolute atomic E-state index is 0.776. The van der Waals surface area contributed by atoms with Crippen molar-refractivity contribution in [3.63, 3.8) is 0 Å². The van der Waals surface area contributed by atoms with E-state index >= 15 is 0 Å². The number of nitrogens with zero attached hydrogens (tertiary/aromatic N) is 3. The van der Waals surface area contributed by atoms with Crippen molar-refractivity contribution in [2.24, 2.45) is 0 Å². The van der Waals surface area contributed by atoms with Crippen LogP contribution in [0.2, 0.25) is 0 Å². The molecule has 0 aliphatic rings. The van der Waals surface area contributed by atoms with Gasteiger partial charge in [-0.25, -0.2) is 9.97 Å². The third-order valence-corrected chi connectivity index (χ3v) is 3.23. The zero-order valence-electron chi connectivity index (χ0n) is 11.5. The van der Waals surface area contributed by atoms with Gasteiger partial charge < -0.3 is 0 Å². The molecular weight excluding hydrogens is 246 g/mol. The summed E-state index contributed by atoms with van der Waals surface area (Å²) in [5.74, 6) is 0.776. The number of aryl methyl sites for hydroxylation is 2. The Hall–Kier alpha value is -2.55. The van der Waals surface area contributed by atoms with Gasteiger partial charge in [-0.05, 0) is 19.9 Å². The molecule has 0 N–H and O–H groups in total. The van der Waals surface area contributed by atoms with Gasteiger partial charge >= 0.3 is 0 Å². The van der Waals surface area contributed by atoms with E-state index in [4.69, 9.17) is 0 Å². The highest BCUT2D eigenvalue weighted by Crippen LogP contribution is 2.21. The number of pyridine rings is 1. The Balaban J connectivity index is 1.91. The fourth-order valence-electron chi connectivity index (χ4n) is 2.00. The van der Waals surface area contributed by atoms with Gasteiger partial charge in [0.2, 0.25) is 0 Å². The van der Waals surface area contributed by atoms with Gasteiger partial charge in [-0.15, -0.1) is 0 Å². The van der Waals surface area contributed by atoms with Crippen LogP contribution < -0.4 is 0 Å². The van der Waals surface area contributed by atoms with Gasteiger partial charge in [0.05, 0.1) is 5.69 Å². The Bertz CT molecular complexity index is 634. The summed E-state index contributed by atoms with van der Waals surface area (Å²) in [6, 6.07) is 12.5. The SMILES string of the molecule is Cc1ccc(-c2ccc(-c3cnc(C)nc3)cn2)cc1. The van der Waals surface area contributed by atoms with Gasteiger partial charge in [0.15, 0.2) is 0 Å². The topological polar surface area (TPSA) is 38.7 Å². The largest absolute Gasteiger partial charge is 0.256 e. The molecule has 0 bridgehead atoms. The van der Waals surface area contributed by atoms with Crippen LogP contribution in [-0.2, 0) is 0 Å². The molecule has 0 atom stereocenters. The summed E-state index contributed by atoms with van der Waals surface area (Å²) in [5, 5.41) is 0. The van der Waals surface area contributed by atoms with E-state index in [2.05, 4.69) is 52.2 Å². The lowest BCUT2D eigenvalue weighted by atomic mass is 10.1. The molecule has 0 saturated carbocycles. The van der Waals surface area contributed by atoms with Crippen molar-refractivity contribution in [1.82, 2.24) is 15.0 Å². The van der Waals surface area contributed by atoms with Crippen LogP contribution in [0.1, 0.15) is 11.4 Å². The highest BCUT2D eigenvalue weighted by Gasteiger charge is 2.02. The van der Waals surface area contributed by atoms with E-state index in [9.17, 15) is 0 Å². The zero-order chi connectivity index (χ0) is 13.9. The normalized spacial score (nSPS) is 10.5. The van der Waals surface area contributed by atoms with Gasteiger partial charge in [-0.1, -0.05) is 35.9 Å². The zero-order valence-corrected chi connectivity index (χ0v) is 11.5. The number of hydrogen-bond donors (Lipinski definition) is 0. The van der Waals surface area contributed by atoms with Gasteiger partial charge in [0.1, 0.15) is 5.82 Å². The molecule has 3 nitrogen and oxygen atoms in total. The van der Waals surface area contributed by atoms with Gasteiger partial charge in [-0.3, -0.25) is 4.98 Å². The van der Waals surface area contributed by atoms with E-state index in [0.29, 0.717) is 0 Å². The van der Waals surface area contributed by atoms with E-state index in [1.807, 2.05) is 31.6 Å². The monoisotopic (exact) mass is 261 g/mol. The van der Waals surface area contributed by atoms with Gasteiger partial charge in [0, 0.05) is 35.3 Å². The average Bonchev–Trinajstić information content (AvgIpc) is 2.49. The number of benzene rings is 1. The van der Waals surface area contributed by atoms with Crippen molar-refractivity contribution in [3.8, 4) is 22.4 Å². The third-order valence-electron chi connectivity index (χ3n) is 3.23. The second kappa shape index (κ2) is 5.21. The summed E-state index contributed by atoms with van der Waals surface area (Å²) in [6.45, 7) is 3.96. The third kappa shape index (κ3) is 2.57. The van der Waals surface area contributed by atoms with Crippen LogP contribution in [0.5, 0.6) is 0 Å². The molecule has 3 rings (SSSR count). The Kier molecular flexibility index (Phi) is 3.25. The smallest absolute Gasteiger partial charge is 0.125 e. The molecule has 3 aromatic rings. The molecule has 0 fully saturated rings. The Morgan fingerprint density at radius 1 is 0.600 bits per heavy atom. The van der Waals surface area contributed by atoms with Crippen molar-refractivity contribution >= 4 is 0 Å². The van der Waals surface area contributed by atoms with Crippen molar-refractivity contribution < 1.29 is 0 Å². The Morgan fingerprint density at radius 3 is 1.80 bits per heavy atom. The quantitative estimate of drug-likeness (QED) is 0.704. The van der Waals surface area contributed by atoms with Crippen LogP contribution in [0, 0.1) is 13.8 Å². The fourth-order valence-corrected chi connectivity index (χ4v) is 2.00. The molecule has 20 heavy (non-hydrogen) atoms. The van der Waals surface area contributed by atoms with E-state index < -0.39 is 0 Å². The molecule has 2 aromatic heterocycles. The number of rotatable bonds is 2. The van der Waals surface area contributed by atoms with Crippen LogP contribution >= 0.6 is 0 Å². The van der Waals surface area contributed by atoms with Gasteiger partial charge in [-0.2, -0.15) is 0 Å². The maximum absolute atomic E-state index is 4.52. The second-order valence-electron chi connectivity index (χ2n) is 4.82. The lowest BCUT2D eigenvalue weighted by molar-refractivity contribution is 1.05. The lowest BCUT2D eigenvalue weighted by Crippen LogP contribution is -1.89. The van der Waals surface area contributed by atoms with Crippen LogP contribution in [0.15, 0.2) is 55.0 Å². The first-order chi connectivity index (χ1) is 9.72. The Labute approximate surface area is 118 Å². The van der Waals surface area contributed by atoms with Crippen LogP contribution in [0.3, 0.4) is 0 Å². The highest BCUT2D eigenvalue weighted by molar-refractivity contribution is 5.65. The summed E-state index contributed by atoms with van der Waals surface area (Å²) in [5.41, 5.74) is 5.37. The summed E-state index contributed by atoms with van der Waals surface area (Å²) < 4.78 is 0. The molecule has 98 valence electrons. The minimum atomic E-state index is 0.776. The first-order valence-electron chi connectivity index (χ1n) is 6.54. The molecule has 0 amide bonds. The molecule has 2 heterocycles. The molecule has 0 spiro atoms.